The average Bonchev–Trinajstić information content (AvgIpc) is 3.29. The maximum absolute atomic E-state index is 13.3. The van der Waals surface area contributed by atoms with Gasteiger partial charge in [0.25, 0.3) is 0 Å². The first kappa shape index (κ1) is 18.1. The number of piperidine rings is 1. The zero-order chi connectivity index (χ0) is 20.2. The van der Waals surface area contributed by atoms with Gasteiger partial charge in [0, 0.05) is 26.1 Å². The van der Waals surface area contributed by atoms with Gasteiger partial charge in [0.05, 0.1) is 21.4 Å². The van der Waals surface area contributed by atoms with Crippen molar-refractivity contribution in [1.29, 1.82) is 0 Å². The van der Waals surface area contributed by atoms with Crippen molar-refractivity contribution in [3.05, 3.63) is 58.8 Å². The van der Waals surface area contributed by atoms with Gasteiger partial charge in [0.1, 0.15) is 5.82 Å². The lowest BCUT2D eigenvalue weighted by atomic mass is 9.99. The van der Waals surface area contributed by atoms with Crippen LogP contribution in [0.3, 0.4) is 0 Å². The number of benzene rings is 2. The Bertz CT molecular complexity index is 1350. The summed E-state index contributed by atoms with van der Waals surface area (Å²) in [5.74, 6) is 0.309. The molecule has 0 amide bonds. The Labute approximate surface area is 166 Å². The first-order valence-electron chi connectivity index (χ1n) is 9.48. The second kappa shape index (κ2) is 6.57. The number of rotatable bonds is 3. The van der Waals surface area contributed by atoms with Crippen molar-refractivity contribution in [3.63, 3.8) is 0 Å². The standard InChI is InChI=1S/C20H20N4O4S/c1-23-17-11-14(8-9-18(17)28-20(23)25)29(26,27)24-10-4-5-13(12-24)19-21-15-6-2-3-7-16(15)22-19/h2-3,6-9,11,13H,4-5,10,12H2,1H3,(H,21,22). The average molecular weight is 412 g/mol. The van der Waals surface area contributed by atoms with Crippen molar-refractivity contribution in [1.82, 2.24) is 18.8 Å². The van der Waals surface area contributed by atoms with Crippen LogP contribution in [0.4, 0.5) is 0 Å². The normalized spacial score (nSPS) is 18.6. The van der Waals surface area contributed by atoms with E-state index in [2.05, 4.69) is 9.97 Å². The minimum absolute atomic E-state index is 0.00735. The lowest BCUT2D eigenvalue weighted by molar-refractivity contribution is 0.310. The van der Waals surface area contributed by atoms with Crippen LogP contribution in [-0.2, 0) is 17.1 Å². The molecule has 2 aromatic carbocycles. The molecule has 1 fully saturated rings. The monoisotopic (exact) mass is 412 g/mol. The van der Waals surface area contributed by atoms with E-state index < -0.39 is 15.8 Å². The van der Waals surface area contributed by atoms with Crippen molar-refractivity contribution in [3.8, 4) is 0 Å². The summed E-state index contributed by atoms with van der Waals surface area (Å²) in [7, 11) is -2.14. The number of nitrogens with zero attached hydrogens (tertiary/aromatic N) is 3. The first-order valence-corrected chi connectivity index (χ1v) is 10.9. The third-order valence-corrected chi connectivity index (χ3v) is 7.44. The lowest BCUT2D eigenvalue weighted by Crippen LogP contribution is -2.39. The van der Waals surface area contributed by atoms with Gasteiger partial charge in [-0.3, -0.25) is 4.57 Å². The van der Waals surface area contributed by atoms with Gasteiger partial charge < -0.3 is 9.40 Å². The highest BCUT2D eigenvalue weighted by Gasteiger charge is 2.32. The molecule has 1 unspecified atom stereocenters. The molecule has 0 aliphatic carbocycles. The van der Waals surface area contributed by atoms with Gasteiger partial charge in [-0.25, -0.2) is 18.2 Å². The smallest absolute Gasteiger partial charge is 0.408 e. The van der Waals surface area contributed by atoms with E-state index in [0.717, 1.165) is 29.7 Å². The molecule has 150 valence electrons. The summed E-state index contributed by atoms with van der Waals surface area (Å²) < 4.78 is 34.5. The Balaban J connectivity index is 1.47. The topological polar surface area (TPSA) is 101 Å². The highest BCUT2D eigenvalue weighted by molar-refractivity contribution is 7.89. The molecule has 0 spiro atoms. The molecule has 0 bridgehead atoms. The summed E-state index contributed by atoms with van der Waals surface area (Å²) in [6.45, 7) is 0.825. The Hall–Kier alpha value is -2.91. The minimum Gasteiger partial charge on any atom is -0.408 e. The molecule has 3 heterocycles. The van der Waals surface area contributed by atoms with Crippen LogP contribution in [0, 0.1) is 0 Å². The maximum atomic E-state index is 13.3. The summed E-state index contributed by atoms with van der Waals surface area (Å²) in [5, 5.41) is 0. The lowest BCUT2D eigenvalue weighted by Gasteiger charge is -2.31. The van der Waals surface area contributed by atoms with Gasteiger partial charge in [-0.05, 0) is 43.2 Å². The Morgan fingerprint density at radius 3 is 2.86 bits per heavy atom. The Morgan fingerprint density at radius 2 is 2.03 bits per heavy atom. The zero-order valence-electron chi connectivity index (χ0n) is 15.8. The van der Waals surface area contributed by atoms with E-state index in [1.807, 2.05) is 24.3 Å². The van der Waals surface area contributed by atoms with Crippen molar-refractivity contribution in [2.45, 2.75) is 23.7 Å². The SMILES string of the molecule is Cn1c(=O)oc2ccc(S(=O)(=O)N3CCCC(c4nc5ccccc5[nH]4)C3)cc21. The van der Waals surface area contributed by atoms with Crippen LogP contribution >= 0.6 is 0 Å². The fourth-order valence-electron chi connectivity index (χ4n) is 3.97. The molecule has 5 rings (SSSR count). The number of oxazole rings is 1. The number of hydrogen-bond donors (Lipinski definition) is 1. The summed E-state index contributed by atoms with van der Waals surface area (Å²) in [6, 6.07) is 12.3. The van der Waals surface area contributed by atoms with Crippen LogP contribution in [0.1, 0.15) is 24.6 Å². The highest BCUT2D eigenvalue weighted by atomic mass is 32.2. The molecular formula is C20H20N4O4S. The first-order chi connectivity index (χ1) is 13.9. The number of para-hydroxylation sites is 2. The fraction of sp³-hybridized carbons (Fsp3) is 0.300. The third-order valence-electron chi connectivity index (χ3n) is 5.58. The van der Waals surface area contributed by atoms with Gasteiger partial charge in [0.2, 0.25) is 10.0 Å². The zero-order valence-corrected chi connectivity index (χ0v) is 16.6. The summed E-state index contributed by atoms with van der Waals surface area (Å²) in [4.78, 5) is 19.8. The molecule has 0 saturated carbocycles. The summed E-state index contributed by atoms with van der Waals surface area (Å²) in [6.07, 6.45) is 1.63. The molecule has 1 aliphatic rings. The summed E-state index contributed by atoms with van der Waals surface area (Å²) >= 11 is 0. The second-order valence-corrected chi connectivity index (χ2v) is 9.34. The molecule has 1 saturated heterocycles. The maximum Gasteiger partial charge on any atom is 0.419 e. The van der Waals surface area contributed by atoms with Crippen LogP contribution in [0.5, 0.6) is 0 Å². The van der Waals surface area contributed by atoms with Gasteiger partial charge >= 0.3 is 5.76 Å². The number of hydrogen-bond acceptors (Lipinski definition) is 5. The van der Waals surface area contributed by atoms with Gasteiger partial charge in [-0.15, -0.1) is 0 Å². The molecule has 1 atom stereocenters. The van der Waals surface area contributed by atoms with Crippen LogP contribution in [-0.4, -0.2) is 40.3 Å². The van der Waals surface area contributed by atoms with E-state index in [1.165, 1.54) is 27.1 Å². The van der Waals surface area contributed by atoms with Crippen molar-refractivity contribution in [2.24, 2.45) is 7.05 Å². The van der Waals surface area contributed by atoms with E-state index >= 15 is 0 Å². The predicted molar refractivity (Wildman–Crippen MR) is 108 cm³/mol. The number of aryl methyl sites for hydroxylation is 1. The number of fused-ring (bicyclic) bond motifs is 2. The molecule has 1 aliphatic heterocycles. The molecule has 29 heavy (non-hydrogen) atoms. The largest absolute Gasteiger partial charge is 0.419 e. The number of imidazole rings is 1. The highest BCUT2D eigenvalue weighted by Crippen LogP contribution is 2.30. The number of aromatic nitrogens is 3. The van der Waals surface area contributed by atoms with Gasteiger partial charge in [-0.2, -0.15) is 4.31 Å². The third kappa shape index (κ3) is 2.97. The second-order valence-electron chi connectivity index (χ2n) is 7.40. The number of sulfonamides is 1. The van der Waals surface area contributed by atoms with E-state index in [0.29, 0.717) is 24.2 Å². The molecular weight excluding hydrogens is 392 g/mol. The van der Waals surface area contributed by atoms with Crippen molar-refractivity contribution in [2.75, 3.05) is 13.1 Å². The van der Waals surface area contributed by atoms with E-state index in [4.69, 9.17) is 4.42 Å². The van der Waals surface area contributed by atoms with Crippen LogP contribution < -0.4 is 5.76 Å². The summed E-state index contributed by atoms with van der Waals surface area (Å²) in [5.41, 5.74) is 2.67. The molecule has 2 aromatic heterocycles. The predicted octanol–water partition coefficient (Wildman–Crippen LogP) is 2.58. The van der Waals surface area contributed by atoms with Gasteiger partial charge in [-0.1, -0.05) is 12.1 Å². The van der Waals surface area contributed by atoms with E-state index in [-0.39, 0.29) is 10.8 Å². The molecule has 0 radical (unpaired) electrons. The molecule has 9 heteroatoms. The Kier molecular flexibility index (Phi) is 4.11. The quantitative estimate of drug-likeness (QED) is 0.557. The molecule has 8 nitrogen and oxygen atoms in total. The minimum atomic E-state index is -3.70. The molecule has 1 N–H and O–H groups in total. The van der Waals surface area contributed by atoms with Crippen LogP contribution in [0.15, 0.2) is 56.6 Å². The van der Waals surface area contributed by atoms with E-state index in [1.54, 1.807) is 7.05 Å². The number of aromatic amines is 1. The molecule has 4 aromatic rings. The Morgan fingerprint density at radius 1 is 1.21 bits per heavy atom. The van der Waals surface area contributed by atoms with Crippen LogP contribution in [0.2, 0.25) is 0 Å². The van der Waals surface area contributed by atoms with Crippen molar-refractivity contribution >= 4 is 32.2 Å². The van der Waals surface area contributed by atoms with E-state index in [9.17, 15) is 13.2 Å². The van der Waals surface area contributed by atoms with Crippen LogP contribution in [0.25, 0.3) is 22.1 Å². The number of H-pyrrole nitrogens is 1. The number of nitrogens with one attached hydrogen (secondary N) is 1. The van der Waals surface area contributed by atoms with Crippen molar-refractivity contribution < 1.29 is 12.8 Å². The fourth-order valence-corrected chi connectivity index (χ4v) is 5.51. The van der Waals surface area contributed by atoms with Gasteiger partial charge in [0.15, 0.2) is 5.58 Å².